The highest BCUT2D eigenvalue weighted by molar-refractivity contribution is 7.91. The Kier molecular flexibility index (Phi) is 1.37. The van der Waals surface area contributed by atoms with Crippen molar-refractivity contribution in [1.29, 1.82) is 0 Å². The molecule has 1 heterocycles. The minimum absolute atomic E-state index is 0.427. The van der Waals surface area contributed by atoms with Crippen LogP contribution in [0.5, 0.6) is 0 Å². The van der Waals surface area contributed by atoms with Gasteiger partial charge in [0.1, 0.15) is 0 Å². The van der Waals surface area contributed by atoms with Crippen LogP contribution in [0, 0.1) is 35.5 Å². The Hall–Kier alpha value is -0.570. The summed E-state index contributed by atoms with van der Waals surface area (Å²) in [5.74, 6) is 4.11. The molecule has 2 bridgehead atoms. The van der Waals surface area contributed by atoms with Crippen molar-refractivity contribution in [3.05, 3.63) is 24.3 Å². The van der Waals surface area contributed by atoms with Gasteiger partial charge in [-0.05, 0) is 35.5 Å². The van der Waals surface area contributed by atoms with Gasteiger partial charge in [-0.25, -0.2) is 8.42 Å². The van der Waals surface area contributed by atoms with Gasteiger partial charge in [-0.2, -0.15) is 0 Å². The topological polar surface area (TPSA) is 34.1 Å². The molecule has 80 valence electrons. The number of allylic oxidation sites excluding steroid dienone is 4. The normalized spacial score (nSPS) is 57.3. The summed E-state index contributed by atoms with van der Waals surface area (Å²) in [4.78, 5) is 0. The van der Waals surface area contributed by atoms with Crippen LogP contribution < -0.4 is 0 Å². The van der Waals surface area contributed by atoms with Gasteiger partial charge in [-0.15, -0.1) is 0 Å². The maximum absolute atomic E-state index is 11.7. The van der Waals surface area contributed by atoms with Crippen molar-refractivity contribution in [1.82, 2.24) is 0 Å². The van der Waals surface area contributed by atoms with E-state index in [1.165, 1.54) is 0 Å². The maximum atomic E-state index is 11.7. The van der Waals surface area contributed by atoms with E-state index in [1.54, 1.807) is 0 Å². The van der Waals surface area contributed by atoms with Crippen molar-refractivity contribution in [2.24, 2.45) is 35.5 Å². The zero-order valence-corrected chi connectivity index (χ0v) is 9.23. The van der Waals surface area contributed by atoms with Crippen LogP contribution in [0.3, 0.4) is 0 Å². The van der Waals surface area contributed by atoms with E-state index < -0.39 is 9.84 Å². The molecule has 0 aromatic heterocycles. The zero-order chi connectivity index (χ0) is 10.2. The molecule has 1 aliphatic heterocycles. The summed E-state index contributed by atoms with van der Waals surface area (Å²) in [6.45, 7) is 0. The second-order valence-electron chi connectivity index (χ2n) is 5.48. The Morgan fingerprint density at radius 3 is 1.53 bits per heavy atom. The summed E-state index contributed by atoms with van der Waals surface area (Å²) >= 11 is 0. The molecule has 0 aromatic carbocycles. The van der Waals surface area contributed by atoms with Gasteiger partial charge in [0.15, 0.2) is 9.84 Å². The van der Waals surface area contributed by atoms with Crippen LogP contribution in [-0.4, -0.2) is 19.9 Å². The van der Waals surface area contributed by atoms with Crippen molar-refractivity contribution in [3.63, 3.8) is 0 Å². The van der Waals surface area contributed by atoms with Gasteiger partial charge in [0, 0.05) is 0 Å². The number of hydrogen-bond donors (Lipinski definition) is 0. The summed E-state index contributed by atoms with van der Waals surface area (Å²) < 4.78 is 23.4. The van der Waals surface area contributed by atoms with Gasteiger partial charge in [0.25, 0.3) is 0 Å². The molecule has 3 heteroatoms. The predicted octanol–water partition coefficient (Wildman–Crippen LogP) is 1.27. The van der Waals surface area contributed by atoms with Crippen LogP contribution in [0.15, 0.2) is 24.3 Å². The Morgan fingerprint density at radius 1 is 0.733 bits per heavy atom. The number of rotatable bonds is 0. The fraction of sp³-hybridized carbons (Fsp3) is 0.667. The third-order valence-electron chi connectivity index (χ3n) is 4.88. The van der Waals surface area contributed by atoms with Crippen LogP contribution in [-0.2, 0) is 9.84 Å². The zero-order valence-electron chi connectivity index (χ0n) is 8.41. The quantitative estimate of drug-likeness (QED) is 0.578. The largest absolute Gasteiger partial charge is 0.229 e. The van der Waals surface area contributed by atoms with E-state index in [-0.39, 0.29) is 0 Å². The van der Waals surface area contributed by atoms with Crippen LogP contribution in [0.4, 0.5) is 0 Å². The van der Waals surface area contributed by atoms with E-state index >= 15 is 0 Å². The molecule has 1 saturated carbocycles. The first-order chi connectivity index (χ1) is 7.16. The van der Waals surface area contributed by atoms with Gasteiger partial charge >= 0.3 is 0 Å². The van der Waals surface area contributed by atoms with Crippen molar-refractivity contribution >= 4 is 9.84 Å². The first-order valence-electron chi connectivity index (χ1n) is 5.73. The molecule has 0 aromatic rings. The van der Waals surface area contributed by atoms with Crippen molar-refractivity contribution in [2.45, 2.75) is 0 Å². The summed E-state index contributed by atoms with van der Waals surface area (Å²) in [6.07, 6.45) is 9.15. The standard InChI is InChI=1S/C12H14O2S/c13-15(14)5-11-9-3-4-10(12(11)6-15)8-2-1-7(8)9/h1-4,7-12H,5-6H2/t7-,8-,9+,10+,11-,12-/m0/s1. The average Bonchev–Trinajstić information content (AvgIpc) is 2.42. The molecule has 0 N–H and O–H groups in total. The molecule has 0 spiro atoms. The van der Waals surface area contributed by atoms with Crippen LogP contribution in [0.25, 0.3) is 0 Å². The maximum Gasteiger partial charge on any atom is 0.150 e. The van der Waals surface area contributed by atoms with Crippen molar-refractivity contribution < 1.29 is 8.42 Å². The lowest BCUT2D eigenvalue weighted by atomic mass is 9.50. The highest BCUT2D eigenvalue weighted by Gasteiger charge is 2.56. The number of hydrogen-bond acceptors (Lipinski definition) is 2. The molecule has 5 rings (SSSR count). The molecule has 0 unspecified atom stereocenters. The van der Waals surface area contributed by atoms with Gasteiger partial charge in [-0.1, -0.05) is 24.3 Å². The third kappa shape index (κ3) is 0.930. The SMILES string of the molecule is O=S1(=O)C[C@H]2[C@@H]3C=C[C@H]([C@H]4C=C[C@@H]43)[C@@H]2C1. The van der Waals surface area contributed by atoms with E-state index in [1.807, 2.05) is 0 Å². The van der Waals surface area contributed by atoms with Gasteiger partial charge in [-0.3, -0.25) is 0 Å². The highest BCUT2D eigenvalue weighted by Crippen LogP contribution is 2.58. The fourth-order valence-electron chi connectivity index (χ4n) is 4.20. The van der Waals surface area contributed by atoms with E-state index in [2.05, 4.69) is 24.3 Å². The second kappa shape index (κ2) is 2.40. The first-order valence-corrected chi connectivity index (χ1v) is 7.55. The Morgan fingerprint density at radius 2 is 1.13 bits per heavy atom. The van der Waals surface area contributed by atoms with E-state index in [4.69, 9.17) is 0 Å². The first kappa shape index (κ1) is 8.57. The van der Waals surface area contributed by atoms with Crippen molar-refractivity contribution in [3.8, 4) is 0 Å². The van der Waals surface area contributed by atoms with E-state index in [0.29, 0.717) is 47.0 Å². The molecule has 15 heavy (non-hydrogen) atoms. The van der Waals surface area contributed by atoms with Crippen molar-refractivity contribution in [2.75, 3.05) is 11.5 Å². The summed E-state index contributed by atoms with van der Waals surface area (Å²) in [7, 11) is -2.74. The fourth-order valence-corrected chi connectivity index (χ4v) is 6.45. The average molecular weight is 222 g/mol. The minimum Gasteiger partial charge on any atom is -0.229 e. The van der Waals surface area contributed by atoms with Gasteiger partial charge < -0.3 is 0 Å². The van der Waals surface area contributed by atoms with Crippen LogP contribution >= 0.6 is 0 Å². The molecule has 5 aliphatic rings. The van der Waals surface area contributed by atoms with E-state index in [0.717, 1.165) is 0 Å². The minimum atomic E-state index is -2.74. The highest BCUT2D eigenvalue weighted by atomic mass is 32.2. The third-order valence-corrected chi connectivity index (χ3v) is 6.66. The van der Waals surface area contributed by atoms with Crippen LogP contribution in [0.2, 0.25) is 0 Å². The summed E-state index contributed by atoms with van der Waals surface area (Å²) in [5, 5.41) is 0. The smallest absolute Gasteiger partial charge is 0.150 e. The monoisotopic (exact) mass is 222 g/mol. The van der Waals surface area contributed by atoms with E-state index in [9.17, 15) is 8.42 Å². The Labute approximate surface area is 90.0 Å². The molecule has 0 amide bonds. The van der Waals surface area contributed by atoms with Gasteiger partial charge in [0.05, 0.1) is 11.5 Å². The summed E-state index contributed by atoms with van der Waals surface area (Å²) in [5.41, 5.74) is 0. The molecule has 6 atom stereocenters. The molecule has 0 radical (unpaired) electrons. The number of sulfone groups is 1. The molecule has 1 saturated heterocycles. The lowest BCUT2D eigenvalue weighted by Gasteiger charge is -2.53. The van der Waals surface area contributed by atoms with Gasteiger partial charge in [0.2, 0.25) is 0 Å². The Bertz CT molecular complexity index is 438. The predicted molar refractivity (Wildman–Crippen MR) is 57.9 cm³/mol. The molecular formula is C12H14O2S. The Balaban J connectivity index is 1.82. The molecule has 2 nitrogen and oxygen atoms in total. The lowest BCUT2D eigenvalue weighted by Crippen LogP contribution is -2.49. The molecule has 2 fully saturated rings. The lowest BCUT2D eigenvalue weighted by molar-refractivity contribution is 0.0672. The van der Waals surface area contributed by atoms with Crippen LogP contribution in [0.1, 0.15) is 0 Å². The molecule has 4 aliphatic carbocycles. The second-order valence-corrected chi connectivity index (χ2v) is 7.64. The summed E-state index contributed by atoms with van der Waals surface area (Å²) in [6, 6.07) is 0. The molecular weight excluding hydrogens is 208 g/mol.